The van der Waals surface area contributed by atoms with Gasteiger partial charge in [0.2, 0.25) is 5.82 Å². The molecule has 0 fully saturated rings. The molecule has 0 radical (unpaired) electrons. The molecule has 0 saturated carbocycles. The number of hydrogen-bond donors (Lipinski definition) is 2. The van der Waals surface area contributed by atoms with E-state index in [1.807, 2.05) is 6.92 Å². The van der Waals surface area contributed by atoms with E-state index in [9.17, 15) is 20.0 Å². The number of rotatable bonds is 5. The summed E-state index contributed by atoms with van der Waals surface area (Å²) < 4.78 is 1.38. The van der Waals surface area contributed by atoms with Crippen molar-refractivity contribution in [2.24, 2.45) is 0 Å². The smallest absolute Gasteiger partial charge is 0.412 e. The van der Waals surface area contributed by atoms with Gasteiger partial charge in [0.05, 0.1) is 17.7 Å². The van der Waals surface area contributed by atoms with E-state index in [1.54, 1.807) is 42.7 Å². The first kappa shape index (κ1) is 17.9. The van der Waals surface area contributed by atoms with Crippen LogP contribution in [0.15, 0.2) is 48.8 Å². The third kappa shape index (κ3) is 3.68. The van der Waals surface area contributed by atoms with Crippen LogP contribution < -0.4 is 10.6 Å². The SMILES string of the molecule is Cc1cnn(-c2cc(N(Cc3ccccc3)C(=O)O)c([N+](=O)[O-])c(N)n2)c1. The zero-order chi connectivity index (χ0) is 19.6. The fourth-order valence-electron chi connectivity index (χ4n) is 2.60. The second-order valence-corrected chi connectivity index (χ2v) is 5.81. The van der Waals surface area contributed by atoms with Gasteiger partial charge in [-0.25, -0.2) is 14.5 Å². The molecular formula is C17H16N6O4. The maximum atomic E-state index is 11.9. The van der Waals surface area contributed by atoms with Crippen LogP contribution in [-0.4, -0.2) is 30.9 Å². The van der Waals surface area contributed by atoms with Crippen LogP contribution in [-0.2, 0) is 6.54 Å². The Balaban J connectivity index is 2.15. The summed E-state index contributed by atoms with van der Waals surface area (Å²) in [6.45, 7) is 1.73. The number of carboxylic acid groups (broad SMARTS) is 1. The molecule has 2 aromatic heterocycles. The molecule has 0 unspecified atom stereocenters. The summed E-state index contributed by atoms with van der Waals surface area (Å²) >= 11 is 0. The molecule has 3 aromatic rings. The van der Waals surface area contributed by atoms with Crippen molar-refractivity contribution in [1.29, 1.82) is 0 Å². The maximum Gasteiger partial charge on any atom is 0.412 e. The number of nitrogens with two attached hydrogens (primary N) is 1. The summed E-state index contributed by atoms with van der Waals surface area (Å²) in [7, 11) is 0. The lowest BCUT2D eigenvalue weighted by Crippen LogP contribution is -2.30. The van der Waals surface area contributed by atoms with Crippen LogP contribution in [0.25, 0.3) is 5.82 Å². The highest BCUT2D eigenvalue weighted by Gasteiger charge is 2.29. The van der Waals surface area contributed by atoms with E-state index in [1.165, 1.54) is 10.7 Å². The number of nitro groups is 1. The summed E-state index contributed by atoms with van der Waals surface area (Å²) in [6, 6.07) is 10.0. The van der Waals surface area contributed by atoms with Gasteiger partial charge < -0.3 is 10.8 Å². The summed E-state index contributed by atoms with van der Waals surface area (Å²) in [4.78, 5) is 27.5. The summed E-state index contributed by atoms with van der Waals surface area (Å²) in [5, 5.41) is 25.3. The first-order chi connectivity index (χ1) is 12.9. The van der Waals surface area contributed by atoms with Crippen LogP contribution in [0.4, 0.5) is 22.0 Å². The molecule has 2 heterocycles. The van der Waals surface area contributed by atoms with Gasteiger partial charge in [-0.2, -0.15) is 5.10 Å². The van der Waals surface area contributed by atoms with Crippen LogP contribution in [0.2, 0.25) is 0 Å². The van der Waals surface area contributed by atoms with Crippen molar-refractivity contribution >= 4 is 23.3 Å². The lowest BCUT2D eigenvalue weighted by atomic mass is 10.2. The number of aromatic nitrogens is 3. The molecule has 0 aliphatic heterocycles. The van der Waals surface area contributed by atoms with Gasteiger partial charge in [-0.05, 0) is 18.1 Å². The Labute approximate surface area is 153 Å². The molecule has 10 nitrogen and oxygen atoms in total. The first-order valence-electron chi connectivity index (χ1n) is 7.87. The van der Waals surface area contributed by atoms with E-state index in [0.29, 0.717) is 5.56 Å². The summed E-state index contributed by atoms with van der Waals surface area (Å²) in [5.74, 6) is -0.208. The van der Waals surface area contributed by atoms with Crippen LogP contribution in [0.3, 0.4) is 0 Å². The van der Waals surface area contributed by atoms with Gasteiger partial charge in [0.15, 0.2) is 5.82 Å². The maximum absolute atomic E-state index is 11.9. The molecule has 0 aliphatic carbocycles. The molecule has 1 amide bonds. The molecule has 27 heavy (non-hydrogen) atoms. The average molecular weight is 368 g/mol. The molecular weight excluding hydrogens is 352 g/mol. The number of nitrogen functional groups attached to an aromatic ring is 1. The first-order valence-corrected chi connectivity index (χ1v) is 7.87. The van der Waals surface area contributed by atoms with Crippen molar-refractivity contribution in [1.82, 2.24) is 14.8 Å². The quantitative estimate of drug-likeness (QED) is 0.521. The minimum Gasteiger partial charge on any atom is -0.465 e. The molecule has 3 N–H and O–H groups in total. The van der Waals surface area contributed by atoms with Gasteiger partial charge in [-0.1, -0.05) is 30.3 Å². The molecule has 0 aliphatic rings. The van der Waals surface area contributed by atoms with Crippen LogP contribution in [0.5, 0.6) is 0 Å². The molecule has 3 rings (SSSR count). The van der Waals surface area contributed by atoms with E-state index in [2.05, 4.69) is 10.1 Å². The number of aryl methyl sites for hydroxylation is 1. The number of pyridine rings is 1. The topological polar surface area (TPSA) is 140 Å². The Morgan fingerprint density at radius 2 is 2.07 bits per heavy atom. The summed E-state index contributed by atoms with van der Waals surface area (Å²) in [6.07, 6.45) is 1.88. The molecule has 10 heteroatoms. The molecule has 0 atom stereocenters. The van der Waals surface area contributed by atoms with E-state index in [4.69, 9.17) is 5.73 Å². The Morgan fingerprint density at radius 3 is 2.63 bits per heavy atom. The number of amides is 1. The number of hydrogen-bond acceptors (Lipinski definition) is 6. The standard InChI is InChI=1S/C17H16N6O4/c1-11-8-19-22(9-11)14-7-13(15(23(26)27)16(18)20-14)21(17(24)25)10-12-5-3-2-4-6-12/h2-9H,10H2,1H3,(H2,18,20)(H,24,25). The molecule has 0 bridgehead atoms. The zero-order valence-electron chi connectivity index (χ0n) is 14.3. The van der Waals surface area contributed by atoms with Crippen molar-refractivity contribution in [3.8, 4) is 5.82 Å². The predicted octanol–water partition coefficient (Wildman–Crippen LogP) is 2.75. The third-order valence-corrected chi connectivity index (χ3v) is 3.82. The minimum atomic E-state index is -1.35. The van der Waals surface area contributed by atoms with Crippen LogP contribution in [0, 0.1) is 17.0 Å². The Bertz CT molecular complexity index is 1000. The van der Waals surface area contributed by atoms with Crippen molar-refractivity contribution in [2.75, 3.05) is 10.6 Å². The van der Waals surface area contributed by atoms with Crippen molar-refractivity contribution < 1.29 is 14.8 Å². The highest BCUT2D eigenvalue weighted by molar-refractivity contribution is 5.91. The normalized spacial score (nSPS) is 10.6. The van der Waals surface area contributed by atoms with E-state index in [-0.39, 0.29) is 23.9 Å². The molecule has 0 spiro atoms. The molecule has 0 saturated heterocycles. The number of nitrogens with zero attached hydrogens (tertiary/aromatic N) is 5. The van der Waals surface area contributed by atoms with Crippen LogP contribution >= 0.6 is 0 Å². The van der Waals surface area contributed by atoms with Crippen molar-refractivity contribution in [3.05, 3.63) is 70.0 Å². The Morgan fingerprint density at radius 1 is 1.37 bits per heavy atom. The number of anilines is 2. The lowest BCUT2D eigenvalue weighted by Gasteiger charge is -2.20. The Kier molecular flexibility index (Phi) is 4.71. The second-order valence-electron chi connectivity index (χ2n) is 5.81. The predicted molar refractivity (Wildman–Crippen MR) is 97.8 cm³/mol. The molecule has 1 aromatic carbocycles. The minimum absolute atomic E-state index is 0.0853. The molecule has 138 valence electrons. The largest absolute Gasteiger partial charge is 0.465 e. The van der Waals surface area contributed by atoms with E-state index >= 15 is 0 Å². The monoisotopic (exact) mass is 368 g/mol. The number of benzene rings is 1. The van der Waals surface area contributed by atoms with Gasteiger partial charge in [0.1, 0.15) is 5.69 Å². The highest BCUT2D eigenvalue weighted by Crippen LogP contribution is 2.35. The lowest BCUT2D eigenvalue weighted by molar-refractivity contribution is -0.383. The van der Waals surface area contributed by atoms with Gasteiger partial charge in [0.25, 0.3) is 0 Å². The van der Waals surface area contributed by atoms with Gasteiger partial charge in [-0.15, -0.1) is 0 Å². The van der Waals surface area contributed by atoms with Crippen molar-refractivity contribution in [2.45, 2.75) is 13.5 Å². The van der Waals surface area contributed by atoms with E-state index in [0.717, 1.165) is 10.5 Å². The van der Waals surface area contributed by atoms with Gasteiger partial charge in [-0.3, -0.25) is 15.0 Å². The fraction of sp³-hybridized carbons (Fsp3) is 0.118. The average Bonchev–Trinajstić information content (AvgIpc) is 3.05. The summed E-state index contributed by atoms with van der Waals surface area (Å²) in [5.41, 5.74) is 6.55. The highest BCUT2D eigenvalue weighted by atomic mass is 16.6. The van der Waals surface area contributed by atoms with Crippen LogP contribution in [0.1, 0.15) is 11.1 Å². The zero-order valence-corrected chi connectivity index (χ0v) is 14.3. The second kappa shape index (κ2) is 7.12. The fourth-order valence-corrected chi connectivity index (χ4v) is 2.60. The Hall–Kier alpha value is -3.95. The van der Waals surface area contributed by atoms with Crippen molar-refractivity contribution in [3.63, 3.8) is 0 Å². The third-order valence-electron chi connectivity index (χ3n) is 3.82. The number of carbonyl (C=O) groups is 1. The van der Waals surface area contributed by atoms with Gasteiger partial charge >= 0.3 is 11.8 Å². The van der Waals surface area contributed by atoms with Gasteiger partial charge in [0, 0.05) is 12.3 Å². The van der Waals surface area contributed by atoms with E-state index < -0.39 is 16.7 Å².